The van der Waals surface area contributed by atoms with Gasteiger partial charge in [-0.1, -0.05) is 6.07 Å². The lowest BCUT2D eigenvalue weighted by Gasteiger charge is -2.07. The Kier molecular flexibility index (Phi) is 5.08. The summed E-state index contributed by atoms with van der Waals surface area (Å²) >= 11 is 0. The van der Waals surface area contributed by atoms with Crippen LogP contribution in [0.25, 0.3) is 0 Å². The lowest BCUT2D eigenvalue weighted by Crippen LogP contribution is -2.09. The van der Waals surface area contributed by atoms with E-state index in [0.717, 1.165) is 5.69 Å². The number of benzene rings is 1. The molecule has 0 radical (unpaired) electrons. The van der Waals surface area contributed by atoms with Crippen LogP contribution in [0.15, 0.2) is 42.5 Å². The van der Waals surface area contributed by atoms with E-state index < -0.39 is 11.9 Å². The first-order valence-corrected chi connectivity index (χ1v) is 6.71. The van der Waals surface area contributed by atoms with Gasteiger partial charge in [0.05, 0.1) is 12.2 Å². The van der Waals surface area contributed by atoms with Gasteiger partial charge in [-0.25, -0.2) is 9.78 Å². The van der Waals surface area contributed by atoms with E-state index in [1.807, 2.05) is 12.1 Å². The van der Waals surface area contributed by atoms with Crippen LogP contribution in [0.5, 0.6) is 5.75 Å². The maximum absolute atomic E-state index is 11.5. The summed E-state index contributed by atoms with van der Waals surface area (Å²) in [6.07, 6.45) is 0.624. The molecule has 2 rings (SSSR count). The van der Waals surface area contributed by atoms with Crippen LogP contribution in [-0.2, 0) is 16.0 Å². The molecule has 6 nitrogen and oxygen atoms in total. The third-order valence-electron chi connectivity index (χ3n) is 2.78. The summed E-state index contributed by atoms with van der Waals surface area (Å²) in [6, 6.07) is 11.8. The molecular weight excluding hydrogens is 284 g/mol. The maximum atomic E-state index is 11.5. The number of anilines is 1. The van der Waals surface area contributed by atoms with Crippen molar-refractivity contribution in [2.24, 2.45) is 0 Å². The van der Waals surface area contributed by atoms with E-state index in [-0.39, 0.29) is 0 Å². The molecular formula is C16H16N2O4. The van der Waals surface area contributed by atoms with E-state index >= 15 is 0 Å². The molecule has 1 aromatic heterocycles. The van der Waals surface area contributed by atoms with Crippen molar-refractivity contribution < 1.29 is 19.1 Å². The summed E-state index contributed by atoms with van der Waals surface area (Å²) in [6.45, 7) is 1.62. The molecule has 0 atom stereocenters. The smallest absolute Gasteiger partial charge is 0.345 e. The van der Waals surface area contributed by atoms with Gasteiger partial charge in [0.2, 0.25) is 0 Å². The fourth-order valence-corrected chi connectivity index (χ4v) is 1.79. The van der Waals surface area contributed by atoms with Crippen LogP contribution in [0.3, 0.4) is 0 Å². The van der Waals surface area contributed by atoms with Gasteiger partial charge < -0.3 is 15.2 Å². The Morgan fingerprint density at radius 3 is 2.50 bits per heavy atom. The summed E-state index contributed by atoms with van der Waals surface area (Å²) in [4.78, 5) is 26.4. The first-order chi connectivity index (χ1) is 10.5. The molecule has 0 aliphatic carbocycles. The van der Waals surface area contributed by atoms with Crippen LogP contribution in [0, 0.1) is 0 Å². The lowest BCUT2D eigenvalue weighted by atomic mass is 10.2. The number of hydrogen-bond donors (Lipinski definition) is 1. The summed E-state index contributed by atoms with van der Waals surface area (Å²) < 4.78 is 10.1. The minimum absolute atomic E-state index is 0.292. The third-order valence-corrected chi connectivity index (χ3v) is 2.78. The molecule has 0 saturated carbocycles. The number of nitrogens with two attached hydrogens (primary N) is 1. The number of rotatable bonds is 5. The molecule has 0 aliphatic rings. The molecule has 0 saturated heterocycles. The Morgan fingerprint density at radius 2 is 1.86 bits per heavy atom. The highest BCUT2D eigenvalue weighted by Crippen LogP contribution is 2.13. The number of pyridine rings is 1. The van der Waals surface area contributed by atoms with Gasteiger partial charge >= 0.3 is 11.9 Å². The second kappa shape index (κ2) is 7.21. The van der Waals surface area contributed by atoms with E-state index in [1.165, 1.54) is 6.92 Å². The fourth-order valence-electron chi connectivity index (χ4n) is 1.79. The summed E-state index contributed by atoms with van der Waals surface area (Å²) in [5.41, 5.74) is 6.74. The molecule has 0 amide bonds. The monoisotopic (exact) mass is 300 g/mol. The van der Waals surface area contributed by atoms with Crippen molar-refractivity contribution in [2.45, 2.75) is 13.3 Å². The number of esters is 2. The van der Waals surface area contributed by atoms with Crippen molar-refractivity contribution >= 4 is 17.8 Å². The zero-order valence-corrected chi connectivity index (χ0v) is 12.1. The molecule has 2 N–H and O–H groups in total. The van der Waals surface area contributed by atoms with Gasteiger partial charge in [0, 0.05) is 19.0 Å². The number of hydrogen-bond acceptors (Lipinski definition) is 6. The molecule has 0 bridgehead atoms. The predicted octanol–water partition coefficient (Wildman–Crippen LogP) is 1.99. The zero-order valence-electron chi connectivity index (χ0n) is 12.1. The molecule has 114 valence electrons. The average Bonchev–Trinajstić information content (AvgIpc) is 2.47. The van der Waals surface area contributed by atoms with Crippen molar-refractivity contribution in [1.82, 2.24) is 4.98 Å². The molecule has 2 aromatic rings. The molecule has 1 aromatic carbocycles. The second-order valence-electron chi connectivity index (χ2n) is 4.56. The third kappa shape index (κ3) is 4.59. The van der Waals surface area contributed by atoms with Crippen molar-refractivity contribution in [3.05, 3.63) is 53.7 Å². The van der Waals surface area contributed by atoms with Crippen LogP contribution < -0.4 is 10.5 Å². The van der Waals surface area contributed by atoms with Gasteiger partial charge in [0.15, 0.2) is 0 Å². The summed E-state index contributed by atoms with van der Waals surface area (Å²) in [5, 5.41) is 0. The van der Waals surface area contributed by atoms with Crippen LogP contribution in [0.2, 0.25) is 0 Å². The van der Waals surface area contributed by atoms with Gasteiger partial charge in [0.25, 0.3) is 0 Å². The largest absolute Gasteiger partial charge is 0.493 e. The van der Waals surface area contributed by atoms with Gasteiger partial charge in [-0.05, 0) is 36.4 Å². The van der Waals surface area contributed by atoms with E-state index in [9.17, 15) is 9.59 Å². The standard InChI is InChI=1S/C16H16N2O4/c1-11(19)22-16(20)12-5-7-14(8-6-12)21-10-9-13-3-2-4-15(17)18-13/h2-8H,9-10H2,1H3,(H2,17,18). The van der Waals surface area contributed by atoms with Gasteiger partial charge in [-0.15, -0.1) is 0 Å². The first-order valence-electron chi connectivity index (χ1n) is 6.71. The highest BCUT2D eigenvalue weighted by molar-refractivity contribution is 5.96. The molecule has 6 heteroatoms. The SMILES string of the molecule is CC(=O)OC(=O)c1ccc(OCCc2cccc(N)n2)cc1. The van der Waals surface area contributed by atoms with Crippen molar-refractivity contribution in [3.8, 4) is 5.75 Å². The number of aromatic nitrogens is 1. The number of nitrogens with zero attached hydrogens (tertiary/aromatic N) is 1. The van der Waals surface area contributed by atoms with Gasteiger partial charge in [0.1, 0.15) is 11.6 Å². The molecule has 0 spiro atoms. The minimum atomic E-state index is -0.678. The first kappa shape index (κ1) is 15.5. The Bertz CT molecular complexity index is 668. The van der Waals surface area contributed by atoms with Gasteiger partial charge in [-0.3, -0.25) is 4.79 Å². The van der Waals surface area contributed by atoms with E-state index in [0.29, 0.717) is 30.2 Å². The number of carbonyl (C=O) groups excluding carboxylic acids is 2. The minimum Gasteiger partial charge on any atom is -0.493 e. The Hall–Kier alpha value is -2.89. The predicted molar refractivity (Wildman–Crippen MR) is 80.4 cm³/mol. The topological polar surface area (TPSA) is 91.5 Å². The summed E-state index contributed by atoms with van der Waals surface area (Å²) in [5.74, 6) is -0.225. The normalized spacial score (nSPS) is 10.0. The average molecular weight is 300 g/mol. The number of nitrogen functional groups attached to an aromatic ring is 1. The van der Waals surface area contributed by atoms with Crippen molar-refractivity contribution in [2.75, 3.05) is 12.3 Å². The number of carbonyl (C=O) groups is 2. The van der Waals surface area contributed by atoms with Crippen LogP contribution >= 0.6 is 0 Å². The Labute approximate surface area is 127 Å². The Morgan fingerprint density at radius 1 is 1.14 bits per heavy atom. The Balaban J connectivity index is 1.86. The maximum Gasteiger partial charge on any atom is 0.345 e. The molecule has 0 aliphatic heterocycles. The van der Waals surface area contributed by atoms with Gasteiger partial charge in [-0.2, -0.15) is 0 Å². The van der Waals surface area contributed by atoms with Crippen LogP contribution in [-0.4, -0.2) is 23.5 Å². The van der Waals surface area contributed by atoms with E-state index in [1.54, 1.807) is 30.3 Å². The van der Waals surface area contributed by atoms with Crippen molar-refractivity contribution in [3.63, 3.8) is 0 Å². The zero-order chi connectivity index (χ0) is 15.9. The lowest BCUT2D eigenvalue weighted by molar-refractivity contribution is -0.135. The molecule has 1 heterocycles. The highest BCUT2D eigenvalue weighted by atomic mass is 16.6. The number of ether oxygens (including phenoxy) is 2. The molecule has 22 heavy (non-hydrogen) atoms. The fraction of sp³-hybridized carbons (Fsp3) is 0.188. The quantitative estimate of drug-likeness (QED) is 0.670. The van der Waals surface area contributed by atoms with E-state index in [4.69, 9.17) is 10.5 Å². The second-order valence-corrected chi connectivity index (χ2v) is 4.56. The van der Waals surface area contributed by atoms with Crippen LogP contribution in [0.1, 0.15) is 23.0 Å². The van der Waals surface area contributed by atoms with Crippen LogP contribution in [0.4, 0.5) is 5.82 Å². The van der Waals surface area contributed by atoms with Crippen molar-refractivity contribution in [1.29, 1.82) is 0 Å². The molecule has 0 fully saturated rings. The summed E-state index contributed by atoms with van der Waals surface area (Å²) in [7, 11) is 0. The highest BCUT2D eigenvalue weighted by Gasteiger charge is 2.09. The van der Waals surface area contributed by atoms with E-state index in [2.05, 4.69) is 9.72 Å². The molecule has 0 unspecified atom stereocenters.